The largest absolute Gasteiger partial charge is 0.380 e. The van der Waals surface area contributed by atoms with Crippen LogP contribution in [0.5, 0.6) is 0 Å². The maximum atomic E-state index is 6.36. The molecule has 1 heterocycles. The van der Waals surface area contributed by atoms with Gasteiger partial charge in [-0.25, -0.2) is 0 Å². The average molecular weight is 181 g/mol. The van der Waals surface area contributed by atoms with Crippen LogP contribution < -0.4 is 5.73 Å². The van der Waals surface area contributed by atoms with Crippen LogP contribution in [0.1, 0.15) is 32.1 Å². The van der Waals surface area contributed by atoms with Crippen molar-refractivity contribution in [3.8, 4) is 0 Å². The van der Waals surface area contributed by atoms with Crippen LogP contribution in [0, 0.1) is 5.92 Å². The van der Waals surface area contributed by atoms with Gasteiger partial charge in [0.1, 0.15) is 0 Å². The van der Waals surface area contributed by atoms with Gasteiger partial charge in [-0.3, -0.25) is 0 Å². The van der Waals surface area contributed by atoms with Crippen molar-refractivity contribution in [3.63, 3.8) is 0 Å². The molecule has 0 amide bonds. The number of rotatable bonds is 1. The summed E-state index contributed by atoms with van der Waals surface area (Å²) in [7, 11) is 0. The van der Waals surface area contributed by atoms with Gasteiger partial charge in [0.15, 0.2) is 0 Å². The van der Waals surface area contributed by atoms with Crippen molar-refractivity contribution in [2.45, 2.75) is 37.6 Å². The van der Waals surface area contributed by atoms with E-state index in [1.807, 2.05) is 0 Å². The van der Waals surface area contributed by atoms with Crippen molar-refractivity contribution in [1.29, 1.82) is 0 Å². The smallest absolute Gasteiger partial charge is 0.0651 e. The number of hydrogen-bond acceptors (Lipinski definition) is 2. The first-order valence-electron chi connectivity index (χ1n) is 5.34. The van der Waals surface area contributed by atoms with Gasteiger partial charge in [0.2, 0.25) is 0 Å². The van der Waals surface area contributed by atoms with Crippen LogP contribution in [0.2, 0.25) is 0 Å². The van der Waals surface area contributed by atoms with Crippen LogP contribution in [0.15, 0.2) is 12.2 Å². The molecule has 0 radical (unpaired) electrons. The van der Waals surface area contributed by atoms with Gasteiger partial charge < -0.3 is 10.5 Å². The van der Waals surface area contributed by atoms with Gasteiger partial charge in [-0.2, -0.15) is 0 Å². The molecule has 2 atom stereocenters. The van der Waals surface area contributed by atoms with Crippen molar-refractivity contribution < 1.29 is 4.74 Å². The van der Waals surface area contributed by atoms with Crippen LogP contribution in [0.3, 0.4) is 0 Å². The molecule has 0 saturated carbocycles. The number of ether oxygens (including phenoxy) is 1. The van der Waals surface area contributed by atoms with E-state index in [1.54, 1.807) is 0 Å². The highest BCUT2D eigenvalue weighted by molar-refractivity contribution is 5.05. The average Bonchev–Trinajstić information content (AvgIpc) is 2.20. The Morgan fingerprint density at radius 1 is 1.38 bits per heavy atom. The Balaban J connectivity index is 2.03. The Morgan fingerprint density at radius 2 is 2.31 bits per heavy atom. The highest BCUT2D eigenvalue weighted by Gasteiger charge is 2.35. The number of nitrogens with two attached hydrogens (primary N) is 1. The predicted octanol–water partition coefficient (Wildman–Crippen LogP) is 1.85. The molecule has 0 spiro atoms. The van der Waals surface area contributed by atoms with E-state index >= 15 is 0 Å². The van der Waals surface area contributed by atoms with Crippen LogP contribution in [-0.4, -0.2) is 18.8 Å². The predicted molar refractivity (Wildman–Crippen MR) is 53.5 cm³/mol. The molecule has 2 aliphatic rings. The van der Waals surface area contributed by atoms with E-state index in [0.717, 1.165) is 26.1 Å². The Bertz CT molecular complexity index is 194. The lowest BCUT2D eigenvalue weighted by Crippen LogP contribution is -2.53. The summed E-state index contributed by atoms with van der Waals surface area (Å²) in [6, 6.07) is 0. The van der Waals surface area contributed by atoms with Gasteiger partial charge >= 0.3 is 0 Å². The number of allylic oxidation sites excluding steroid dienone is 1. The van der Waals surface area contributed by atoms with Gasteiger partial charge in [-0.15, -0.1) is 0 Å². The van der Waals surface area contributed by atoms with E-state index in [9.17, 15) is 0 Å². The number of hydrogen-bond donors (Lipinski definition) is 1. The van der Waals surface area contributed by atoms with Gasteiger partial charge in [0.25, 0.3) is 0 Å². The third-order valence-corrected chi connectivity index (χ3v) is 3.29. The fraction of sp³-hybridized carbons (Fsp3) is 0.818. The minimum absolute atomic E-state index is 0.0603. The maximum absolute atomic E-state index is 6.36. The molecule has 0 aromatic carbocycles. The lowest BCUT2D eigenvalue weighted by Gasteiger charge is -2.40. The summed E-state index contributed by atoms with van der Waals surface area (Å²) in [5, 5.41) is 0. The molecule has 0 aromatic rings. The Labute approximate surface area is 80.1 Å². The molecule has 1 saturated heterocycles. The fourth-order valence-corrected chi connectivity index (χ4v) is 2.42. The lowest BCUT2D eigenvalue weighted by atomic mass is 9.76. The normalized spacial score (nSPS) is 40.5. The summed E-state index contributed by atoms with van der Waals surface area (Å²) in [5.41, 5.74) is 6.30. The maximum Gasteiger partial charge on any atom is 0.0651 e. The summed E-state index contributed by atoms with van der Waals surface area (Å²) in [6.45, 7) is 1.65. The second-order valence-corrected chi connectivity index (χ2v) is 4.35. The fourth-order valence-electron chi connectivity index (χ4n) is 2.42. The first-order chi connectivity index (χ1) is 6.31. The van der Waals surface area contributed by atoms with E-state index in [0.29, 0.717) is 5.92 Å². The molecule has 74 valence electrons. The molecule has 0 aromatic heterocycles. The van der Waals surface area contributed by atoms with E-state index in [2.05, 4.69) is 12.2 Å². The molecule has 2 heteroatoms. The van der Waals surface area contributed by atoms with Gasteiger partial charge in [-0.05, 0) is 38.0 Å². The zero-order chi connectivity index (χ0) is 9.15. The summed E-state index contributed by atoms with van der Waals surface area (Å²) >= 11 is 0. The van der Waals surface area contributed by atoms with Crippen molar-refractivity contribution in [1.82, 2.24) is 0 Å². The molecular weight excluding hydrogens is 162 g/mol. The molecule has 13 heavy (non-hydrogen) atoms. The summed E-state index contributed by atoms with van der Waals surface area (Å²) < 4.78 is 5.48. The summed E-state index contributed by atoms with van der Waals surface area (Å²) in [4.78, 5) is 0. The standard InChI is InChI=1S/C11H19NO/c12-11(7-4-8-13-9-11)10-5-2-1-3-6-10/h2,5,10H,1,3-4,6-9,12H2. The second-order valence-electron chi connectivity index (χ2n) is 4.35. The third-order valence-electron chi connectivity index (χ3n) is 3.29. The molecule has 1 aliphatic carbocycles. The highest BCUT2D eigenvalue weighted by Crippen LogP contribution is 2.32. The van der Waals surface area contributed by atoms with Crippen LogP contribution in [-0.2, 0) is 4.74 Å². The lowest BCUT2D eigenvalue weighted by molar-refractivity contribution is 0.0176. The molecule has 0 bridgehead atoms. The van der Waals surface area contributed by atoms with Gasteiger partial charge in [0, 0.05) is 12.1 Å². The van der Waals surface area contributed by atoms with E-state index in [-0.39, 0.29) is 5.54 Å². The summed E-state index contributed by atoms with van der Waals surface area (Å²) in [6.07, 6.45) is 10.6. The van der Waals surface area contributed by atoms with Gasteiger partial charge in [-0.1, -0.05) is 12.2 Å². The quantitative estimate of drug-likeness (QED) is 0.627. The zero-order valence-corrected chi connectivity index (χ0v) is 8.17. The molecule has 2 nitrogen and oxygen atoms in total. The molecule has 1 aliphatic heterocycles. The topological polar surface area (TPSA) is 35.2 Å². The van der Waals surface area contributed by atoms with Crippen LogP contribution >= 0.6 is 0 Å². The first-order valence-corrected chi connectivity index (χ1v) is 5.34. The van der Waals surface area contributed by atoms with Crippen LogP contribution in [0.4, 0.5) is 0 Å². The monoisotopic (exact) mass is 181 g/mol. The molecular formula is C11H19NO. The Kier molecular flexibility index (Phi) is 2.70. The van der Waals surface area contributed by atoms with Crippen molar-refractivity contribution in [2.24, 2.45) is 11.7 Å². The Hall–Kier alpha value is -0.340. The van der Waals surface area contributed by atoms with Gasteiger partial charge in [0.05, 0.1) is 6.61 Å². The zero-order valence-electron chi connectivity index (χ0n) is 8.17. The van der Waals surface area contributed by atoms with E-state index in [1.165, 1.54) is 19.3 Å². The first kappa shape index (κ1) is 9.22. The minimum Gasteiger partial charge on any atom is -0.380 e. The SMILES string of the molecule is NC1(C2C=CCCC2)CCCOC1. The Morgan fingerprint density at radius 3 is 2.92 bits per heavy atom. The van der Waals surface area contributed by atoms with E-state index in [4.69, 9.17) is 10.5 Å². The second kappa shape index (κ2) is 3.81. The van der Waals surface area contributed by atoms with Crippen LogP contribution in [0.25, 0.3) is 0 Å². The molecule has 2 N–H and O–H groups in total. The van der Waals surface area contributed by atoms with Crippen molar-refractivity contribution >= 4 is 0 Å². The van der Waals surface area contributed by atoms with E-state index < -0.39 is 0 Å². The van der Waals surface area contributed by atoms with Crippen molar-refractivity contribution in [2.75, 3.05) is 13.2 Å². The third kappa shape index (κ3) is 1.94. The van der Waals surface area contributed by atoms with Crippen molar-refractivity contribution in [3.05, 3.63) is 12.2 Å². The highest BCUT2D eigenvalue weighted by atomic mass is 16.5. The molecule has 1 fully saturated rings. The molecule has 2 rings (SSSR count). The molecule has 2 unspecified atom stereocenters. The summed E-state index contributed by atoms with van der Waals surface area (Å²) in [5.74, 6) is 0.557. The minimum atomic E-state index is -0.0603.